The minimum atomic E-state index is 0.295. The molecule has 1 aromatic rings. The fraction of sp³-hybridized carbons (Fsp3) is 0.733. The minimum absolute atomic E-state index is 0.295. The van der Waals surface area contributed by atoms with Gasteiger partial charge in [-0.2, -0.15) is 0 Å². The molecule has 0 aromatic carbocycles. The number of nitrogens with one attached hydrogen (secondary N) is 1. The van der Waals surface area contributed by atoms with Crippen molar-refractivity contribution in [2.45, 2.75) is 52.2 Å². The van der Waals surface area contributed by atoms with E-state index < -0.39 is 0 Å². The molecule has 108 valence electrons. The summed E-state index contributed by atoms with van der Waals surface area (Å²) < 4.78 is 6.71. The van der Waals surface area contributed by atoms with Crippen molar-refractivity contribution in [3.8, 4) is 0 Å². The third kappa shape index (κ3) is 3.33. The molecule has 1 fully saturated rings. The van der Waals surface area contributed by atoms with Gasteiger partial charge in [0.1, 0.15) is 0 Å². The van der Waals surface area contributed by atoms with Crippen LogP contribution in [0.1, 0.15) is 38.5 Å². The minimum Gasteiger partial charge on any atom is -0.378 e. The molecule has 1 heterocycles. The molecule has 1 aromatic heterocycles. The lowest BCUT2D eigenvalue weighted by atomic mass is 9.61. The van der Waals surface area contributed by atoms with Gasteiger partial charge in [0.25, 0.3) is 0 Å². The van der Waals surface area contributed by atoms with E-state index in [4.69, 9.17) is 16.3 Å². The van der Waals surface area contributed by atoms with Gasteiger partial charge >= 0.3 is 0 Å². The topological polar surface area (TPSA) is 21.3 Å². The van der Waals surface area contributed by atoms with E-state index >= 15 is 0 Å². The zero-order valence-corrected chi connectivity index (χ0v) is 13.6. The number of hydrogen-bond donors (Lipinski definition) is 1. The Kier molecular flexibility index (Phi) is 5.29. The van der Waals surface area contributed by atoms with E-state index in [9.17, 15) is 0 Å². The summed E-state index contributed by atoms with van der Waals surface area (Å²) in [6.07, 6.45) is 3.80. The Balaban J connectivity index is 1.77. The highest BCUT2D eigenvalue weighted by atomic mass is 35.5. The van der Waals surface area contributed by atoms with Crippen molar-refractivity contribution in [2.75, 3.05) is 13.2 Å². The van der Waals surface area contributed by atoms with Crippen LogP contribution in [0.25, 0.3) is 0 Å². The smallest absolute Gasteiger partial charge is 0.0931 e. The summed E-state index contributed by atoms with van der Waals surface area (Å²) in [4.78, 5) is 1.36. The van der Waals surface area contributed by atoms with Crippen LogP contribution in [0.2, 0.25) is 4.34 Å². The first-order chi connectivity index (χ1) is 9.10. The van der Waals surface area contributed by atoms with Gasteiger partial charge in [-0.05, 0) is 38.3 Å². The average Bonchev–Trinajstić information content (AvgIpc) is 2.81. The number of halogens is 1. The molecule has 0 radical (unpaired) electrons. The Morgan fingerprint density at radius 1 is 1.47 bits per heavy atom. The van der Waals surface area contributed by atoms with Gasteiger partial charge in [-0.25, -0.2) is 0 Å². The molecule has 0 aliphatic heterocycles. The molecule has 0 saturated heterocycles. The lowest BCUT2D eigenvalue weighted by molar-refractivity contribution is -0.125. The predicted molar refractivity (Wildman–Crippen MR) is 83.3 cm³/mol. The van der Waals surface area contributed by atoms with Crippen LogP contribution in [0, 0.1) is 5.41 Å². The quantitative estimate of drug-likeness (QED) is 0.818. The molecular formula is C15H24ClNOS. The fourth-order valence-electron chi connectivity index (χ4n) is 2.92. The van der Waals surface area contributed by atoms with E-state index in [1.807, 2.05) is 6.07 Å². The predicted octanol–water partition coefficient (Wildman–Crippen LogP) is 4.13. The Morgan fingerprint density at radius 2 is 2.26 bits per heavy atom. The van der Waals surface area contributed by atoms with Crippen LogP contribution in [0.3, 0.4) is 0 Å². The van der Waals surface area contributed by atoms with Crippen molar-refractivity contribution in [3.05, 3.63) is 21.3 Å². The largest absolute Gasteiger partial charge is 0.378 e. The highest BCUT2D eigenvalue weighted by molar-refractivity contribution is 7.16. The van der Waals surface area contributed by atoms with Crippen LogP contribution < -0.4 is 5.32 Å². The van der Waals surface area contributed by atoms with Gasteiger partial charge in [0.2, 0.25) is 0 Å². The van der Waals surface area contributed by atoms with E-state index in [1.54, 1.807) is 11.3 Å². The van der Waals surface area contributed by atoms with E-state index in [-0.39, 0.29) is 0 Å². The summed E-state index contributed by atoms with van der Waals surface area (Å²) in [7, 11) is 0. The summed E-state index contributed by atoms with van der Waals surface area (Å²) in [6, 6.07) is 4.69. The van der Waals surface area contributed by atoms with Crippen LogP contribution in [0.15, 0.2) is 12.1 Å². The number of rotatable bonds is 7. The fourth-order valence-corrected chi connectivity index (χ4v) is 4.01. The van der Waals surface area contributed by atoms with Crippen LogP contribution in [-0.4, -0.2) is 25.3 Å². The second-order valence-electron chi connectivity index (χ2n) is 5.50. The molecule has 0 amide bonds. The van der Waals surface area contributed by atoms with Crippen molar-refractivity contribution in [1.82, 2.24) is 5.32 Å². The molecule has 1 N–H and O–H groups in total. The monoisotopic (exact) mass is 301 g/mol. The van der Waals surface area contributed by atoms with Crippen LogP contribution >= 0.6 is 22.9 Å². The van der Waals surface area contributed by atoms with Gasteiger partial charge in [-0.3, -0.25) is 0 Å². The third-order valence-electron chi connectivity index (χ3n) is 4.50. The van der Waals surface area contributed by atoms with E-state index in [0.29, 0.717) is 17.6 Å². The summed E-state index contributed by atoms with van der Waals surface area (Å²) in [5, 5.41) is 3.69. The lowest BCUT2D eigenvalue weighted by Gasteiger charge is -2.53. The standard InChI is InChI=1S/C15H24ClNOS/c1-4-15(3)12(10-13(15)18-5-2)17-9-8-11-6-7-14(16)19-11/h6-7,12-13,17H,4-5,8-10H2,1-3H3. The molecule has 1 saturated carbocycles. The van der Waals surface area contributed by atoms with Gasteiger partial charge in [0, 0.05) is 29.5 Å². The zero-order chi connectivity index (χ0) is 13.9. The number of ether oxygens (including phenoxy) is 1. The normalized spacial score (nSPS) is 30.3. The maximum Gasteiger partial charge on any atom is 0.0931 e. The second kappa shape index (κ2) is 6.57. The van der Waals surface area contributed by atoms with E-state index in [2.05, 4.69) is 32.2 Å². The van der Waals surface area contributed by atoms with Gasteiger partial charge < -0.3 is 10.1 Å². The average molecular weight is 302 g/mol. The first kappa shape index (κ1) is 15.3. The Hall–Kier alpha value is -0.0900. The summed E-state index contributed by atoms with van der Waals surface area (Å²) in [5.74, 6) is 0. The maximum absolute atomic E-state index is 5.94. The van der Waals surface area contributed by atoms with Gasteiger partial charge in [0.05, 0.1) is 10.4 Å². The van der Waals surface area contributed by atoms with Crippen molar-refractivity contribution in [1.29, 1.82) is 0 Å². The Bertz CT molecular complexity index is 409. The van der Waals surface area contributed by atoms with Crippen molar-refractivity contribution >= 4 is 22.9 Å². The second-order valence-corrected chi connectivity index (χ2v) is 7.30. The molecule has 19 heavy (non-hydrogen) atoms. The molecule has 3 unspecified atom stereocenters. The van der Waals surface area contributed by atoms with Gasteiger partial charge in [-0.1, -0.05) is 25.4 Å². The highest BCUT2D eigenvalue weighted by Crippen LogP contribution is 2.45. The van der Waals surface area contributed by atoms with Gasteiger partial charge in [-0.15, -0.1) is 11.3 Å². The molecule has 0 bridgehead atoms. The molecule has 4 heteroatoms. The molecule has 0 spiro atoms. The molecule has 1 aliphatic rings. The highest BCUT2D eigenvalue weighted by Gasteiger charge is 2.50. The summed E-state index contributed by atoms with van der Waals surface area (Å²) >= 11 is 7.62. The van der Waals surface area contributed by atoms with Crippen LogP contribution in [-0.2, 0) is 11.2 Å². The summed E-state index contributed by atoms with van der Waals surface area (Å²) in [6.45, 7) is 8.53. The molecule has 1 aliphatic carbocycles. The molecular weight excluding hydrogens is 278 g/mol. The summed E-state index contributed by atoms with van der Waals surface area (Å²) in [5.41, 5.74) is 0.295. The SMILES string of the molecule is CCOC1CC(NCCc2ccc(Cl)s2)C1(C)CC. The van der Waals surface area contributed by atoms with Crippen molar-refractivity contribution in [3.63, 3.8) is 0 Å². The lowest BCUT2D eigenvalue weighted by Crippen LogP contribution is -2.62. The Labute approximate surface area is 125 Å². The van der Waals surface area contributed by atoms with Crippen LogP contribution in [0.5, 0.6) is 0 Å². The van der Waals surface area contributed by atoms with Gasteiger partial charge in [0.15, 0.2) is 0 Å². The third-order valence-corrected chi connectivity index (χ3v) is 5.79. The molecule has 2 nitrogen and oxygen atoms in total. The zero-order valence-electron chi connectivity index (χ0n) is 12.0. The van der Waals surface area contributed by atoms with Crippen molar-refractivity contribution in [2.24, 2.45) is 5.41 Å². The molecule has 2 rings (SSSR count). The maximum atomic E-state index is 5.94. The van der Waals surface area contributed by atoms with Crippen molar-refractivity contribution < 1.29 is 4.74 Å². The Morgan fingerprint density at radius 3 is 2.84 bits per heavy atom. The number of hydrogen-bond acceptors (Lipinski definition) is 3. The first-order valence-electron chi connectivity index (χ1n) is 7.19. The first-order valence-corrected chi connectivity index (χ1v) is 8.38. The van der Waals surface area contributed by atoms with Crippen LogP contribution in [0.4, 0.5) is 0 Å². The number of thiophene rings is 1. The van der Waals surface area contributed by atoms with E-state index in [1.165, 1.54) is 11.3 Å². The van der Waals surface area contributed by atoms with E-state index in [0.717, 1.165) is 30.3 Å². The molecule has 3 atom stereocenters.